The van der Waals surface area contributed by atoms with Crippen molar-refractivity contribution in [2.24, 2.45) is 0 Å². The zero-order valence-corrected chi connectivity index (χ0v) is 13.0. The molecule has 104 valence electrons. The molecule has 3 rings (SSSR count). The molecule has 0 spiro atoms. The summed E-state index contributed by atoms with van der Waals surface area (Å²) in [5.41, 5.74) is 3.41. The van der Waals surface area contributed by atoms with Crippen LogP contribution in [0.1, 0.15) is 5.56 Å². The first-order chi connectivity index (χ1) is 9.65. The molecule has 0 saturated heterocycles. The molecule has 1 heterocycles. The van der Waals surface area contributed by atoms with Gasteiger partial charge in [0.2, 0.25) is 0 Å². The number of phenolic OH excluding ortho intramolecular Hbond substituents is 1. The summed E-state index contributed by atoms with van der Waals surface area (Å²) in [6.45, 7) is 2.67. The van der Waals surface area contributed by atoms with E-state index in [1.165, 1.54) is 11.4 Å². The molecule has 2 aromatic rings. The van der Waals surface area contributed by atoms with Gasteiger partial charge >= 0.3 is 0 Å². The van der Waals surface area contributed by atoms with Crippen molar-refractivity contribution in [2.75, 3.05) is 29.9 Å². The van der Waals surface area contributed by atoms with Gasteiger partial charge in [0.15, 0.2) is 0 Å². The van der Waals surface area contributed by atoms with Gasteiger partial charge in [-0.15, -0.1) is 0 Å². The largest absolute Gasteiger partial charge is 0.508 e. The first-order valence-corrected chi connectivity index (χ1v) is 7.47. The number of benzene rings is 2. The summed E-state index contributed by atoms with van der Waals surface area (Å²) in [6, 6.07) is 14.0. The summed E-state index contributed by atoms with van der Waals surface area (Å²) in [5.74, 6) is 0.351. The Kier molecular flexibility index (Phi) is 3.57. The molecule has 0 aromatic heterocycles. The van der Waals surface area contributed by atoms with Crippen LogP contribution >= 0.6 is 15.9 Å². The molecular formula is C16H17BrN2O. The number of para-hydroxylation sites is 2. The zero-order valence-electron chi connectivity index (χ0n) is 11.4. The van der Waals surface area contributed by atoms with Gasteiger partial charge in [0, 0.05) is 36.7 Å². The van der Waals surface area contributed by atoms with E-state index >= 15 is 0 Å². The minimum absolute atomic E-state index is 0.351. The lowest BCUT2D eigenvalue weighted by molar-refractivity contribution is 0.467. The lowest BCUT2D eigenvalue weighted by Crippen LogP contribution is -2.38. The topological polar surface area (TPSA) is 26.7 Å². The smallest absolute Gasteiger partial charge is 0.120 e. The standard InChI is InChI=1S/C16H17BrN2O/c1-18-8-9-19(15-5-3-2-4-14(15)18)11-12-10-13(17)6-7-16(12)20/h2-7,10,20H,8-9,11H2,1H3. The fraction of sp³-hybridized carbons (Fsp3) is 0.250. The summed E-state index contributed by atoms with van der Waals surface area (Å²) in [4.78, 5) is 4.59. The van der Waals surface area contributed by atoms with Crippen LogP contribution in [0.25, 0.3) is 0 Å². The zero-order chi connectivity index (χ0) is 14.1. The maximum absolute atomic E-state index is 10.0. The van der Waals surface area contributed by atoms with E-state index in [0.29, 0.717) is 5.75 Å². The molecule has 4 heteroatoms. The second-order valence-electron chi connectivity index (χ2n) is 5.10. The van der Waals surface area contributed by atoms with Gasteiger partial charge < -0.3 is 14.9 Å². The third kappa shape index (κ3) is 2.48. The molecule has 2 aromatic carbocycles. The fourth-order valence-corrected chi connectivity index (χ4v) is 3.03. The molecule has 1 aliphatic heterocycles. The number of aromatic hydroxyl groups is 1. The highest BCUT2D eigenvalue weighted by molar-refractivity contribution is 9.10. The highest BCUT2D eigenvalue weighted by Gasteiger charge is 2.20. The minimum Gasteiger partial charge on any atom is -0.508 e. The van der Waals surface area contributed by atoms with E-state index in [1.807, 2.05) is 12.1 Å². The molecule has 1 aliphatic rings. The van der Waals surface area contributed by atoms with Gasteiger partial charge in [0.25, 0.3) is 0 Å². The van der Waals surface area contributed by atoms with E-state index in [-0.39, 0.29) is 0 Å². The number of fused-ring (bicyclic) bond motifs is 1. The number of rotatable bonds is 2. The van der Waals surface area contributed by atoms with Crippen LogP contribution in [0.15, 0.2) is 46.9 Å². The van der Waals surface area contributed by atoms with Crippen molar-refractivity contribution in [1.29, 1.82) is 0 Å². The molecule has 0 unspecified atom stereocenters. The Morgan fingerprint density at radius 3 is 2.65 bits per heavy atom. The Labute approximate surface area is 127 Å². The molecule has 1 N–H and O–H groups in total. The van der Waals surface area contributed by atoms with Crippen LogP contribution in [0.4, 0.5) is 11.4 Å². The third-order valence-electron chi connectivity index (χ3n) is 3.74. The monoisotopic (exact) mass is 332 g/mol. The highest BCUT2D eigenvalue weighted by atomic mass is 79.9. The summed E-state index contributed by atoms with van der Waals surface area (Å²) in [6.07, 6.45) is 0. The van der Waals surface area contributed by atoms with Gasteiger partial charge in [-0.25, -0.2) is 0 Å². The second-order valence-corrected chi connectivity index (χ2v) is 6.02. The second kappa shape index (κ2) is 5.37. The third-order valence-corrected chi connectivity index (χ3v) is 4.23. The molecule has 0 aliphatic carbocycles. The van der Waals surface area contributed by atoms with Gasteiger partial charge in [-0.05, 0) is 30.3 Å². The van der Waals surface area contributed by atoms with Crippen LogP contribution in [-0.4, -0.2) is 25.2 Å². The number of hydrogen-bond donors (Lipinski definition) is 1. The van der Waals surface area contributed by atoms with E-state index in [4.69, 9.17) is 0 Å². The lowest BCUT2D eigenvalue weighted by atomic mass is 10.1. The molecule has 20 heavy (non-hydrogen) atoms. The van der Waals surface area contributed by atoms with Crippen molar-refractivity contribution in [3.8, 4) is 5.75 Å². The Bertz CT molecular complexity index is 630. The highest BCUT2D eigenvalue weighted by Crippen LogP contribution is 2.34. The molecule has 0 saturated carbocycles. The average molecular weight is 333 g/mol. The number of anilines is 2. The van der Waals surface area contributed by atoms with Gasteiger partial charge in [-0.3, -0.25) is 0 Å². The van der Waals surface area contributed by atoms with Crippen molar-refractivity contribution in [1.82, 2.24) is 0 Å². The van der Waals surface area contributed by atoms with Crippen molar-refractivity contribution >= 4 is 27.3 Å². The quantitative estimate of drug-likeness (QED) is 0.909. The van der Waals surface area contributed by atoms with E-state index in [1.54, 1.807) is 6.07 Å². The van der Waals surface area contributed by atoms with Crippen LogP contribution in [-0.2, 0) is 6.54 Å². The molecule has 0 radical (unpaired) electrons. The van der Waals surface area contributed by atoms with E-state index in [2.05, 4.69) is 57.0 Å². The molecule has 0 bridgehead atoms. The van der Waals surface area contributed by atoms with E-state index in [0.717, 1.165) is 29.7 Å². The maximum atomic E-state index is 10.0. The normalized spacial score (nSPS) is 14.3. The maximum Gasteiger partial charge on any atom is 0.120 e. The molecular weight excluding hydrogens is 316 g/mol. The predicted molar refractivity (Wildman–Crippen MR) is 86.6 cm³/mol. The Morgan fingerprint density at radius 1 is 1.10 bits per heavy atom. The molecule has 0 amide bonds. The van der Waals surface area contributed by atoms with Crippen LogP contribution in [0.3, 0.4) is 0 Å². The van der Waals surface area contributed by atoms with Gasteiger partial charge in [0.1, 0.15) is 5.75 Å². The van der Waals surface area contributed by atoms with Crippen LogP contribution in [0.2, 0.25) is 0 Å². The minimum atomic E-state index is 0.351. The summed E-state index contributed by atoms with van der Waals surface area (Å²) >= 11 is 3.46. The number of phenols is 1. The summed E-state index contributed by atoms with van der Waals surface area (Å²) in [5, 5.41) is 10.0. The molecule has 0 fully saturated rings. The number of nitrogens with zero attached hydrogens (tertiary/aromatic N) is 2. The predicted octanol–water partition coefficient (Wildman–Crippen LogP) is 3.61. The summed E-state index contributed by atoms with van der Waals surface area (Å²) in [7, 11) is 2.12. The van der Waals surface area contributed by atoms with Crippen molar-refractivity contribution in [2.45, 2.75) is 6.54 Å². The van der Waals surface area contributed by atoms with Gasteiger partial charge in [-0.1, -0.05) is 28.1 Å². The lowest BCUT2D eigenvalue weighted by Gasteiger charge is -2.37. The Morgan fingerprint density at radius 2 is 1.85 bits per heavy atom. The van der Waals surface area contributed by atoms with Gasteiger partial charge in [-0.2, -0.15) is 0 Å². The molecule has 0 atom stereocenters. The van der Waals surface area contributed by atoms with Crippen molar-refractivity contribution in [3.05, 3.63) is 52.5 Å². The van der Waals surface area contributed by atoms with Gasteiger partial charge in [0.05, 0.1) is 11.4 Å². The van der Waals surface area contributed by atoms with Crippen LogP contribution in [0.5, 0.6) is 5.75 Å². The first kappa shape index (κ1) is 13.3. The number of likely N-dealkylation sites (N-methyl/N-ethyl adjacent to an activating group) is 1. The summed E-state index contributed by atoms with van der Waals surface area (Å²) < 4.78 is 0.993. The SMILES string of the molecule is CN1CCN(Cc2cc(Br)ccc2O)c2ccccc21. The van der Waals surface area contributed by atoms with Crippen LogP contribution in [0, 0.1) is 0 Å². The Hall–Kier alpha value is -1.68. The number of hydrogen-bond acceptors (Lipinski definition) is 3. The molecule has 3 nitrogen and oxygen atoms in total. The van der Waals surface area contributed by atoms with Crippen molar-refractivity contribution < 1.29 is 5.11 Å². The van der Waals surface area contributed by atoms with E-state index in [9.17, 15) is 5.11 Å². The average Bonchev–Trinajstić information content (AvgIpc) is 2.46. The number of halogens is 1. The van der Waals surface area contributed by atoms with Crippen molar-refractivity contribution in [3.63, 3.8) is 0 Å². The van der Waals surface area contributed by atoms with E-state index < -0.39 is 0 Å². The fourth-order valence-electron chi connectivity index (χ4n) is 2.62. The Balaban J connectivity index is 1.92. The first-order valence-electron chi connectivity index (χ1n) is 6.67. The van der Waals surface area contributed by atoms with Crippen LogP contribution < -0.4 is 9.80 Å².